The van der Waals surface area contributed by atoms with Crippen LogP contribution in [-0.2, 0) is 15.9 Å². The molecule has 1 aromatic carbocycles. The maximum absolute atomic E-state index is 5.72. The Kier molecular flexibility index (Phi) is 4.68. The lowest BCUT2D eigenvalue weighted by Crippen LogP contribution is -2.32. The minimum atomic E-state index is -0.463. The van der Waals surface area contributed by atoms with Crippen molar-refractivity contribution in [3.8, 4) is 0 Å². The number of hydrogen-bond acceptors (Lipinski definition) is 2. The lowest BCUT2D eigenvalue weighted by Gasteiger charge is -2.28. The topological polar surface area (TPSA) is 18.5 Å². The van der Waals surface area contributed by atoms with Crippen LogP contribution >= 0.6 is 0 Å². The molecule has 1 aromatic rings. The molecule has 0 saturated carbocycles. The van der Waals surface area contributed by atoms with Crippen LogP contribution in [0.25, 0.3) is 0 Å². The quantitative estimate of drug-likeness (QED) is 0.663. The predicted octanol–water partition coefficient (Wildman–Crippen LogP) is 4.41. The summed E-state index contributed by atoms with van der Waals surface area (Å²) in [6.45, 7) is 2.23. The van der Waals surface area contributed by atoms with Crippen LogP contribution in [-0.4, -0.2) is 5.79 Å². The first-order chi connectivity index (χ1) is 8.85. The number of hydrogen-bond donors (Lipinski definition) is 0. The molecule has 2 nitrogen and oxygen atoms in total. The largest absolute Gasteiger partial charge is 0.456 e. The van der Waals surface area contributed by atoms with E-state index in [9.17, 15) is 0 Å². The SMILES string of the molecule is CCCCCCC1(Cc2ccccc2)OC=CO1. The van der Waals surface area contributed by atoms with E-state index in [-0.39, 0.29) is 0 Å². The second-order valence-electron chi connectivity index (χ2n) is 4.89. The molecule has 0 radical (unpaired) electrons. The molecule has 18 heavy (non-hydrogen) atoms. The summed E-state index contributed by atoms with van der Waals surface area (Å²) in [7, 11) is 0. The van der Waals surface area contributed by atoms with E-state index in [1.807, 2.05) is 6.07 Å². The Morgan fingerprint density at radius 1 is 0.944 bits per heavy atom. The van der Waals surface area contributed by atoms with E-state index < -0.39 is 5.79 Å². The highest BCUT2D eigenvalue weighted by Crippen LogP contribution is 2.30. The summed E-state index contributed by atoms with van der Waals surface area (Å²) in [6.07, 6.45) is 10.1. The van der Waals surface area contributed by atoms with E-state index in [0.717, 1.165) is 19.3 Å². The molecule has 0 spiro atoms. The normalized spacial score (nSPS) is 16.3. The van der Waals surface area contributed by atoms with Gasteiger partial charge in [-0.2, -0.15) is 0 Å². The van der Waals surface area contributed by atoms with Crippen LogP contribution < -0.4 is 0 Å². The molecular formula is C16H22O2. The molecular weight excluding hydrogens is 224 g/mol. The molecule has 1 heterocycles. The molecule has 2 heteroatoms. The maximum Gasteiger partial charge on any atom is 0.253 e. The van der Waals surface area contributed by atoms with Crippen molar-refractivity contribution in [2.24, 2.45) is 0 Å². The van der Waals surface area contributed by atoms with Crippen LogP contribution in [0.3, 0.4) is 0 Å². The Labute approximate surface area is 110 Å². The van der Waals surface area contributed by atoms with Crippen LogP contribution in [0, 0.1) is 0 Å². The summed E-state index contributed by atoms with van der Waals surface area (Å²) in [5.74, 6) is -0.463. The van der Waals surface area contributed by atoms with Gasteiger partial charge in [0.25, 0.3) is 5.79 Å². The molecule has 1 aliphatic rings. The highest BCUT2D eigenvalue weighted by Gasteiger charge is 2.35. The van der Waals surface area contributed by atoms with Gasteiger partial charge in [0, 0.05) is 12.8 Å². The molecule has 1 aliphatic heterocycles. The first kappa shape index (κ1) is 13.0. The Balaban J connectivity index is 1.90. The van der Waals surface area contributed by atoms with E-state index in [1.54, 1.807) is 12.5 Å². The zero-order chi connectivity index (χ0) is 12.7. The van der Waals surface area contributed by atoms with E-state index in [0.29, 0.717) is 0 Å². The second-order valence-corrected chi connectivity index (χ2v) is 4.89. The van der Waals surface area contributed by atoms with Gasteiger partial charge in [0.15, 0.2) is 0 Å². The third-order valence-electron chi connectivity index (χ3n) is 3.35. The minimum Gasteiger partial charge on any atom is -0.456 e. The van der Waals surface area contributed by atoms with E-state index >= 15 is 0 Å². The number of benzene rings is 1. The van der Waals surface area contributed by atoms with Crippen molar-refractivity contribution >= 4 is 0 Å². The zero-order valence-corrected chi connectivity index (χ0v) is 11.1. The Bertz CT molecular complexity index is 362. The summed E-state index contributed by atoms with van der Waals surface area (Å²) in [6, 6.07) is 10.4. The predicted molar refractivity (Wildman–Crippen MR) is 72.9 cm³/mol. The van der Waals surface area contributed by atoms with Crippen LogP contribution in [0.5, 0.6) is 0 Å². The molecule has 0 aliphatic carbocycles. The van der Waals surface area contributed by atoms with Gasteiger partial charge < -0.3 is 9.47 Å². The summed E-state index contributed by atoms with van der Waals surface area (Å²) in [5.41, 5.74) is 1.26. The lowest BCUT2D eigenvalue weighted by atomic mass is 9.99. The number of ether oxygens (including phenoxy) is 2. The molecule has 0 saturated heterocycles. The third kappa shape index (κ3) is 3.52. The van der Waals surface area contributed by atoms with E-state index in [4.69, 9.17) is 9.47 Å². The first-order valence-electron chi connectivity index (χ1n) is 6.89. The van der Waals surface area contributed by atoms with Crippen molar-refractivity contribution < 1.29 is 9.47 Å². The average molecular weight is 246 g/mol. The monoisotopic (exact) mass is 246 g/mol. The van der Waals surface area contributed by atoms with Gasteiger partial charge in [-0.1, -0.05) is 56.5 Å². The van der Waals surface area contributed by atoms with E-state index in [2.05, 4.69) is 31.2 Å². The Hall–Kier alpha value is -1.44. The van der Waals surface area contributed by atoms with Crippen molar-refractivity contribution in [3.63, 3.8) is 0 Å². The lowest BCUT2D eigenvalue weighted by molar-refractivity contribution is -0.146. The molecule has 98 valence electrons. The van der Waals surface area contributed by atoms with Gasteiger partial charge in [0.1, 0.15) is 12.5 Å². The van der Waals surface area contributed by atoms with Crippen molar-refractivity contribution in [2.45, 2.75) is 51.2 Å². The number of rotatable bonds is 7. The fourth-order valence-electron chi connectivity index (χ4n) is 2.35. The Morgan fingerprint density at radius 3 is 2.33 bits per heavy atom. The van der Waals surface area contributed by atoms with Crippen molar-refractivity contribution in [2.75, 3.05) is 0 Å². The number of unbranched alkanes of at least 4 members (excludes halogenated alkanes) is 3. The highest BCUT2D eigenvalue weighted by atomic mass is 16.7. The summed E-state index contributed by atoms with van der Waals surface area (Å²) >= 11 is 0. The van der Waals surface area contributed by atoms with Crippen LogP contribution in [0.1, 0.15) is 44.6 Å². The smallest absolute Gasteiger partial charge is 0.253 e. The average Bonchev–Trinajstić information content (AvgIpc) is 2.85. The standard InChI is InChI=1S/C16H22O2/c1-2-3-4-8-11-16(17-12-13-18-16)14-15-9-6-5-7-10-15/h5-7,9-10,12-13H,2-4,8,11,14H2,1H3. The molecule has 0 amide bonds. The van der Waals surface area contributed by atoms with Gasteiger partial charge >= 0.3 is 0 Å². The molecule has 0 bridgehead atoms. The molecule has 0 atom stereocenters. The molecule has 0 aromatic heterocycles. The van der Waals surface area contributed by atoms with Gasteiger partial charge in [-0.25, -0.2) is 0 Å². The van der Waals surface area contributed by atoms with Gasteiger partial charge in [-0.15, -0.1) is 0 Å². The second kappa shape index (κ2) is 6.48. The molecule has 0 N–H and O–H groups in total. The van der Waals surface area contributed by atoms with Gasteiger partial charge in [0.05, 0.1) is 0 Å². The van der Waals surface area contributed by atoms with Crippen molar-refractivity contribution in [1.82, 2.24) is 0 Å². The fraction of sp³-hybridized carbons (Fsp3) is 0.500. The van der Waals surface area contributed by atoms with Gasteiger partial charge in [0.2, 0.25) is 0 Å². The van der Waals surface area contributed by atoms with E-state index in [1.165, 1.54) is 24.8 Å². The Morgan fingerprint density at radius 2 is 1.67 bits per heavy atom. The highest BCUT2D eigenvalue weighted by molar-refractivity contribution is 5.17. The van der Waals surface area contributed by atoms with Crippen LogP contribution in [0.15, 0.2) is 42.9 Å². The minimum absolute atomic E-state index is 0.463. The summed E-state index contributed by atoms with van der Waals surface area (Å²) in [4.78, 5) is 0. The maximum atomic E-state index is 5.72. The van der Waals surface area contributed by atoms with Crippen molar-refractivity contribution in [3.05, 3.63) is 48.4 Å². The molecule has 2 rings (SSSR count). The summed E-state index contributed by atoms with van der Waals surface area (Å²) in [5, 5.41) is 0. The van der Waals surface area contributed by atoms with Crippen LogP contribution in [0.4, 0.5) is 0 Å². The first-order valence-corrected chi connectivity index (χ1v) is 6.89. The van der Waals surface area contributed by atoms with Gasteiger partial charge in [-0.05, 0) is 12.0 Å². The van der Waals surface area contributed by atoms with Gasteiger partial charge in [-0.3, -0.25) is 0 Å². The zero-order valence-electron chi connectivity index (χ0n) is 11.1. The third-order valence-corrected chi connectivity index (χ3v) is 3.35. The fourth-order valence-corrected chi connectivity index (χ4v) is 2.35. The molecule has 0 fully saturated rings. The molecule has 0 unspecified atom stereocenters. The van der Waals surface area contributed by atoms with Crippen LogP contribution in [0.2, 0.25) is 0 Å². The van der Waals surface area contributed by atoms with Crippen molar-refractivity contribution in [1.29, 1.82) is 0 Å². The summed E-state index contributed by atoms with van der Waals surface area (Å²) < 4.78 is 11.4.